The van der Waals surface area contributed by atoms with Gasteiger partial charge < -0.3 is 5.32 Å². The molecule has 166 valence electrons. The van der Waals surface area contributed by atoms with Crippen molar-refractivity contribution < 1.29 is 13.2 Å². The lowest BCUT2D eigenvalue weighted by Gasteiger charge is -2.20. The molecule has 8 heteroatoms. The summed E-state index contributed by atoms with van der Waals surface area (Å²) in [5, 5.41) is 3.72. The number of carbonyl (C=O) groups is 1. The third kappa shape index (κ3) is 5.90. The Hall–Kier alpha value is -2.29. The first-order valence-corrected chi connectivity index (χ1v) is 12.7. The van der Waals surface area contributed by atoms with Gasteiger partial charge in [0.05, 0.1) is 20.1 Å². The van der Waals surface area contributed by atoms with Crippen LogP contribution in [-0.4, -0.2) is 25.4 Å². The number of carbonyl (C=O) groups excluding carboxylic acids is 1. The van der Waals surface area contributed by atoms with E-state index in [-0.39, 0.29) is 16.7 Å². The number of rotatable bonds is 8. The van der Waals surface area contributed by atoms with Crippen molar-refractivity contribution in [3.05, 3.63) is 53.0 Å². The standard InChI is InChI=1S/C23H29N3O3S2/c1-14(2)12-21(23(27)25-18-8-6-17(7-9-18)15(3)4)26-31(28,29)19-10-11-20-22(13-19)30-16(5)24-20/h6-11,13-15,21,26H,12H2,1-5H3,(H,25,27)/t21-/m1/s1. The number of nitrogens with zero attached hydrogens (tertiary/aromatic N) is 1. The molecule has 0 aliphatic heterocycles. The number of fused-ring (bicyclic) bond motifs is 1. The summed E-state index contributed by atoms with van der Waals surface area (Å²) in [5.41, 5.74) is 2.58. The van der Waals surface area contributed by atoms with Crippen molar-refractivity contribution in [1.29, 1.82) is 0 Å². The third-order valence-electron chi connectivity index (χ3n) is 4.94. The molecular weight excluding hydrogens is 430 g/mol. The summed E-state index contributed by atoms with van der Waals surface area (Å²) in [6.07, 6.45) is 0.386. The van der Waals surface area contributed by atoms with Crippen LogP contribution >= 0.6 is 11.3 Å². The van der Waals surface area contributed by atoms with Gasteiger partial charge in [-0.2, -0.15) is 4.72 Å². The van der Waals surface area contributed by atoms with Crippen LogP contribution in [0, 0.1) is 12.8 Å². The van der Waals surface area contributed by atoms with Gasteiger partial charge >= 0.3 is 0 Å². The molecule has 0 aliphatic rings. The minimum Gasteiger partial charge on any atom is -0.325 e. The zero-order valence-corrected chi connectivity index (χ0v) is 20.1. The van der Waals surface area contributed by atoms with E-state index in [0.29, 0.717) is 18.0 Å². The van der Waals surface area contributed by atoms with E-state index in [1.165, 1.54) is 23.0 Å². The lowest BCUT2D eigenvalue weighted by atomic mass is 10.0. The topological polar surface area (TPSA) is 88.2 Å². The number of hydrogen-bond acceptors (Lipinski definition) is 5. The zero-order valence-electron chi connectivity index (χ0n) is 18.5. The summed E-state index contributed by atoms with van der Waals surface area (Å²) in [6.45, 7) is 10.0. The van der Waals surface area contributed by atoms with Gasteiger partial charge in [-0.3, -0.25) is 4.79 Å². The highest BCUT2D eigenvalue weighted by Gasteiger charge is 2.27. The van der Waals surface area contributed by atoms with Crippen LogP contribution < -0.4 is 10.0 Å². The molecule has 0 saturated heterocycles. The van der Waals surface area contributed by atoms with Crippen molar-refractivity contribution >= 4 is 43.2 Å². The number of nitrogens with one attached hydrogen (secondary N) is 2. The average Bonchev–Trinajstić information content (AvgIpc) is 3.06. The molecule has 0 bridgehead atoms. The van der Waals surface area contributed by atoms with Gasteiger partial charge in [-0.15, -0.1) is 11.3 Å². The molecule has 31 heavy (non-hydrogen) atoms. The zero-order chi connectivity index (χ0) is 22.8. The van der Waals surface area contributed by atoms with Crippen LogP contribution in [0.25, 0.3) is 10.2 Å². The van der Waals surface area contributed by atoms with Crippen LogP contribution in [-0.2, 0) is 14.8 Å². The SMILES string of the molecule is Cc1nc2ccc(S(=O)(=O)N[C@H](CC(C)C)C(=O)Nc3ccc(C(C)C)cc3)cc2s1. The van der Waals surface area contributed by atoms with E-state index >= 15 is 0 Å². The molecule has 0 unspecified atom stereocenters. The number of aromatic nitrogens is 1. The quantitative estimate of drug-likeness (QED) is 0.493. The van der Waals surface area contributed by atoms with Gasteiger partial charge in [0, 0.05) is 5.69 Å². The first kappa shape index (κ1) is 23.4. The minimum absolute atomic E-state index is 0.131. The molecule has 0 spiro atoms. The Morgan fingerprint density at radius 3 is 2.35 bits per heavy atom. The van der Waals surface area contributed by atoms with Crippen molar-refractivity contribution in [3.8, 4) is 0 Å². The Morgan fingerprint density at radius 2 is 1.74 bits per heavy atom. The summed E-state index contributed by atoms with van der Waals surface area (Å²) in [4.78, 5) is 17.4. The Bertz CT molecular complexity index is 1170. The summed E-state index contributed by atoms with van der Waals surface area (Å²) >= 11 is 1.44. The number of hydrogen-bond donors (Lipinski definition) is 2. The van der Waals surface area contributed by atoms with Gasteiger partial charge in [-0.25, -0.2) is 13.4 Å². The van der Waals surface area contributed by atoms with E-state index in [9.17, 15) is 13.2 Å². The molecule has 0 fully saturated rings. The molecule has 3 aromatic rings. The maximum Gasteiger partial charge on any atom is 0.242 e. The predicted molar refractivity (Wildman–Crippen MR) is 127 cm³/mol. The first-order chi connectivity index (χ1) is 14.5. The van der Waals surface area contributed by atoms with Crippen LogP contribution in [0.1, 0.15) is 50.6 Å². The maximum atomic E-state index is 13.0. The minimum atomic E-state index is -3.87. The van der Waals surface area contributed by atoms with E-state index in [0.717, 1.165) is 15.2 Å². The summed E-state index contributed by atoms with van der Waals surface area (Å²) in [5.74, 6) is 0.155. The lowest BCUT2D eigenvalue weighted by Crippen LogP contribution is -2.44. The van der Waals surface area contributed by atoms with Crippen molar-refractivity contribution in [2.75, 3.05) is 5.32 Å². The number of anilines is 1. The summed E-state index contributed by atoms with van der Waals surface area (Å²) in [6, 6.07) is 11.6. The Kier molecular flexibility index (Phi) is 7.13. The molecule has 6 nitrogen and oxygen atoms in total. The molecule has 0 saturated carbocycles. The molecule has 0 aliphatic carbocycles. The second kappa shape index (κ2) is 9.46. The fourth-order valence-electron chi connectivity index (χ4n) is 3.30. The number of aryl methyl sites for hydroxylation is 1. The van der Waals surface area contributed by atoms with Crippen LogP contribution in [0.4, 0.5) is 5.69 Å². The van der Waals surface area contributed by atoms with Gasteiger partial charge in [-0.1, -0.05) is 39.8 Å². The Balaban J connectivity index is 1.80. The van der Waals surface area contributed by atoms with Crippen molar-refractivity contribution in [2.45, 2.75) is 57.9 Å². The van der Waals surface area contributed by atoms with Crippen LogP contribution in [0.15, 0.2) is 47.4 Å². The van der Waals surface area contributed by atoms with E-state index < -0.39 is 16.1 Å². The largest absolute Gasteiger partial charge is 0.325 e. The van der Waals surface area contributed by atoms with E-state index in [1.54, 1.807) is 12.1 Å². The number of amides is 1. The number of benzene rings is 2. The van der Waals surface area contributed by atoms with Gasteiger partial charge in [0.15, 0.2) is 0 Å². The maximum absolute atomic E-state index is 13.0. The second-order valence-corrected chi connectivity index (χ2v) is 11.4. The fourth-order valence-corrected chi connectivity index (χ4v) is 5.48. The first-order valence-electron chi connectivity index (χ1n) is 10.4. The molecule has 0 radical (unpaired) electrons. The summed E-state index contributed by atoms with van der Waals surface area (Å²) in [7, 11) is -3.87. The molecule has 2 N–H and O–H groups in total. The van der Waals surface area contributed by atoms with Crippen LogP contribution in [0.3, 0.4) is 0 Å². The molecule has 1 heterocycles. The number of thiazole rings is 1. The van der Waals surface area contributed by atoms with Gasteiger partial charge in [-0.05, 0) is 61.1 Å². The molecule has 2 aromatic carbocycles. The smallest absolute Gasteiger partial charge is 0.242 e. The molecule has 1 atom stereocenters. The molecule has 1 amide bonds. The van der Waals surface area contributed by atoms with Crippen LogP contribution in [0.5, 0.6) is 0 Å². The summed E-state index contributed by atoms with van der Waals surface area (Å²) < 4.78 is 29.5. The Labute approximate surface area is 188 Å². The fraction of sp³-hybridized carbons (Fsp3) is 0.391. The third-order valence-corrected chi connectivity index (χ3v) is 7.35. The van der Waals surface area contributed by atoms with E-state index in [4.69, 9.17) is 0 Å². The highest BCUT2D eigenvalue weighted by atomic mass is 32.2. The van der Waals surface area contributed by atoms with Crippen molar-refractivity contribution in [3.63, 3.8) is 0 Å². The molecule has 3 rings (SSSR count). The average molecular weight is 460 g/mol. The van der Waals surface area contributed by atoms with Gasteiger partial charge in [0.1, 0.15) is 6.04 Å². The van der Waals surface area contributed by atoms with Crippen molar-refractivity contribution in [1.82, 2.24) is 9.71 Å². The van der Waals surface area contributed by atoms with E-state index in [2.05, 4.69) is 28.9 Å². The van der Waals surface area contributed by atoms with Gasteiger partial charge in [0.2, 0.25) is 15.9 Å². The second-order valence-electron chi connectivity index (χ2n) is 8.43. The highest BCUT2D eigenvalue weighted by Crippen LogP contribution is 2.25. The predicted octanol–water partition coefficient (Wildman–Crippen LogP) is 5.06. The normalized spacial score (nSPS) is 13.1. The molecular formula is C23H29N3O3S2. The van der Waals surface area contributed by atoms with Crippen molar-refractivity contribution in [2.24, 2.45) is 5.92 Å². The number of sulfonamides is 1. The highest BCUT2D eigenvalue weighted by molar-refractivity contribution is 7.89. The van der Waals surface area contributed by atoms with Gasteiger partial charge in [0.25, 0.3) is 0 Å². The monoisotopic (exact) mass is 459 g/mol. The van der Waals surface area contributed by atoms with E-state index in [1.807, 2.05) is 45.0 Å². The van der Waals surface area contributed by atoms with Crippen LogP contribution in [0.2, 0.25) is 0 Å². The molecule has 1 aromatic heterocycles. The Morgan fingerprint density at radius 1 is 1.06 bits per heavy atom. The lowest BCUT2D eigenvalue weighted by molar-refractivity contribution is -0.118.